The van der Waals surface area contributed by atoms with Crippen LogP contribution in [0.15, 0.2) is 59.7 Å². The van der Waals surface area contributed by atoms with Crippen molar-refractivity contribution >= 4 is 29.4 Å². The van der Waals surface area contributed by atoms with E-state index in [0.717, 1.165) is 5.56 Å². The van der Waals surface area contributed by atoms with E-state index in [9.17, 15) is 14.9 Å². The maximum atomic E-state index is 14.2. The van der Waals surface area contributed by atoms with Gasteiger partial charge in [0.25, 0.3) is 0 Å². The summed E-state index contributed by atoms with van der Waals surface area (Å²) in [5.74, 6) is 0.588. The Hall–Kier alpha value is -4.36. The van der Waals surface area contributed by atoms with Crippen LogP contribution in [0.1, 0.15) is 48.3 Å². The van der Waals surface area contributed by atoms with E-state index in [1.165, 1.54) is 4.90 Å². The van der Waals surface area contributed by atoms with Crippen LogP contribution in [0.3, 0.4) is 0 Å². The number of nitriles is 1. The fraction of sp³-hybridized carbons (Fsp3) is 0.296. The van der Waals surface area contributed by atoms with Gasteiger partial charge < -0.3 is 15.0 Å². The van der Waals surface area contributed by atoms with Gasteiger partial charge in [-0.3, -0.25) is 19.8 Å². The lowest BCUT2D eigenvalue weighted by Crippen LogP contribution is -2.55. The van der Waals surface area contributed by atoms with E-state index in [1.807, 2.05) is 26.0 Å². The quantitative estimate of drug-likeness (QED) is 0.517. The molecule has 3 aromatic rings. The molecule has 0 radical (unpaired) electrons. The van der Waals surface area contributed by atoms with E-state index in [2.05, 4.69) is 21.6 Å². The van der Waals surface area contributed by atoms with Crippen molar-refractivity contribution < 1.29 is 14.3 Å². The number of amidine groups is 1. The normalized spacial score (nSPS) is 19.2. The predicted octanol–water partition coefficient (Wildman–Crippen LogP) is 3.82. The molecule has 0 unspecified atom stereocenters. The molecule has 10 nitrogen and oxygen atoms in total. The average molecular weight is 532 g/mol. The van der Waals surface area contributed by atoms with Gasteiger partial charge in [-0.15, -0.1) is 0 Å². The number of aromatic nitrogens is 2. The van der Waals surface area contributed by atoms with E-state index in [-0.39, 0.29) is 24.6 Å². The van der Waals surface area contributed by atoms with Gasteiger partial charge in [0.1, 0.15) is 30.2 Å². The van der Waals surface area contributed by atoms with Crippen molar-refractivity contribution in [3.05, 3.63) is 82.1 Å². The zero-order valence-corrected chi connectivity index (χ0v) is 21.6. The summed E-state index contributed by atoms with van der Waals surface area (Å²) < 4.78 is 6.09. The molecule has 38 heavy (non-hydrogen) atoms. The third-order valence-corrected chi connectivity index (χ3v) is 6.60. The Bertz CT molecular complexity index is 1410. The second-order valence-corrected chi connectivity index (χ2v) is 9.76. The van der Waals surface area contributed by atoms with Crippen LogP contribution in [0.2, 0.25) is 5.02 Å². The number of H-pyrrole nitrogens is 1. The zero-order chi connectivity index (χ0) is 26.8. The molecule has 1 fully saturated rings. The summed E-state index contributed by atoms with van der Waals surface area (Å²) in [6.07, 6.45) is 1.44. The predicted molar refractivity (Wildman–Crippen MR) is 141 cm³/mol. The van der Waals surface area contributed by atoms with Gasteiger partial charge in [0.15, 0.2) is 0 Å². The molecule has 3 amide bonds. The second-order valence-electron chi connectivity index (χ2n) is 9.32. The SMILES string of the molecule is CC(C)Oc1cc(C#N)ccc1C1=N[C@@H](c2ccc(Cl)cc2)[C@@H](c2ccn[nH]2)N1C(=O)N1CCNC(=O)C1. The Balaban J connectivity index is 1.69. The first kappa shape index (κ1) is 25.3. The van der Waals surface area contributed by atoms with Crippen LogP contribution < -0.4 is 10.1 Å². The fourth-order valence-corrected chi connectivity index (χ4v) is 4.81. The number of benzene rings is 2. The number of ether oxygens (including phenoxy) is 1. The van der Waals surface area contributed by atoms with Crippen LogP contribution in [0.5, 0.6) is 5.75 Å². The molecule has 2 aliphatic heterocycles. The number of hydrogen-bond donors (Lipinski definition) is 2. The van der Waals surface area contributed by atoms with Gasteiger partial charge in [-0.2, -0.15) is 10.4 Å². The molecular formula is C27H26ClN7O3. The maximum Gasteiger partial charge on any atom is 0.326 e. The number of halogens is 1. The third kappa shape index (κ3) is 4.93. The van der Waals surface area contributed by atoms with Crippen LogP contribution in [-0.4, -0.2) is 63.5 Å². The van der Waals surface area contributed by atoms with Crippen LogP contribution in [0, 0.1) is 11.3 Å². The monoisotopic (exact) mass is 531 g/mol. The van der Waals surface area contributed by atoms with Crippen LogP contribution in [-0.2, 0) is 4.79 Å². The number of amides is 3. The lowest BCUT2D eigenvalue weighted by atomic mass is 9.97. The van der Waals surface area contributed by atoms with Gasteiger partial charge >= 0.3 is 6.03 Å². The van der Waals surface area contributed by atoms with Gasteiger partial charge in [-0.05, 0) is 55.8 Å². The van der Waals surface area contributed by atoms with Crippen molar-refractivity contribution in [1.29, 1.82) is 5.26 Å². The maximum absolute atomic E-state index is 14.2. The molecule has 1 aromatic heterocycles. The summed E-state index contributed by atoms with van der Waals surface area (Å²) in [6, 6.07) is 14.9. The number of urea groups is 1. The molecular weight excluding hydrogens is 506 g/mol. The Kier molecular flexibility index (Phi) is 7.03. The number of carbonyl (C=O) groups is 2. The molecule has 5 rings (SSSR count). The van der Waals surface area contributed by atoms with Gasteiger partial charge in [-0.1, -0.05) is 23.7 Å². The van der Waals surface area contributed by atoms with Crippen LogP contribution in [0.4, 0.5) is 4.79 Å². The topological polar surface area (TPSA) is 127 Å². The number of piperazine rings is 1. The lowest BCUT2D eigenvalue weighted by molar-refractivity contribution is -0.123. The molecule has 0 bridgehead atoms. The molecule has 11 heteroatoms. The molecule has 2 aliphatic rings. The van der Waals surface area contributed by atoms with Gasteiger partial charge in [-0.25, -0.2) is 4.79 Å². The van der Waals surface area contributed by atoms with Crippen molar-refractivity contribution in [2.45, 2.75) is 32.0 Å². The number of aromatic amines is 1. The van der Waals surface area contributed by atoms with E-state index < -0.39 is 12.1 Å². The highest BCUT2D eigenvalue weighted by atomic mass is 35.5. The van der Waals surface area contributed by atoms with Crippen molar-refractivity contribution in [2.24, 2.45) is 4.99 Å². The molecule has 3 heterocycles. The van der Waals surface area contributed by atoms with E-state index in [4.69, 9.17) is 21.3 Å². The molecule has 2 aromatic carbocycles. The Labute approximate surface area is 224 Å². The third-order valence-electron chi connectivity index (χ3n) is 6.35. The zero-order valence-electron chi connectivity index (χ0n) is 20.9. The largest absolute Gasteiger partial charge is 0.490 e. The number of carbonyl (C=O) groups excluding carboxylic acids is 2. The minimum Gasteiger partial charge on any atom is -0.490 e. The number of rotatable bonds is 5. The van der Waals surface area contributed by atoms with Gasteiger partial charge in [0.05, 0.1) is 29.0 Å². The summed E-state index contributed by atoms with van der Waals surface area (Å²) in [5, 5.41) is 20.0. The van der Waals surface area contributed by atoms with E-state index in [1.54, 1.807) is 47.5 Å². The molecule has 1 saturated heterocycles. The van der Waals surface area contributed by atoms with Crippen molar-refractivity contribution in [2.75, 3.05) is 19.6 Å². The number of aliphatic imine (C=N–C) groups is 1. The van der Waals surface area contributed by atoms with E-state index >= 15 is 0 Å². The summed E-state index contributed by atoms with van der Waals surface area (Å²) in [7, 11) is 0. The second kappa shape index (κ2) is 10.6. The summed E-state index contributed by atoms with van der Waals surface area (Å²) in [6.45, 7) is 4.43. The fourth-order valence-electron chi connectivity index (χ4n) is 4.69. The smallest absolute Gasteiger partial charge is 0.326 e. The van der Waals surface area contributed by atoms with Gasteiger partial charge in [0, 0.05) is 24.3 Å². The summed E-state index contributed by atoms with van der Waals surface area (Å²) in [4.78, 5) is 34.5. The molecule has 194 valence electrons. The highest BCUT2D eigenvalue weighted by molar-refractivity contribution is 6.30. The van der Waals surface area contributed by atoms with Gasteiger partial charge in [0.2, 0.25) is 5.91 Å². The van der Waals surface area contributed by atoms with Crippen molar-refractivity contribution in [1.82, 2.24) is 25.3 Å². The summed E-state index contributed by atoms with van der Waals surface area (Å²) in [5.41, 5.74) is 2.51. The Morgan fingerprint density at radius 3 is 2.66 bits per heavy atom. The number of nitrogens with one attached hydrogen (secondary N) is 2. The first-order chi connectivity index (χ1) is 18.4. The number of nitrogens with zero attached hydrogens (tertiary/aromatic N) is 5. The minimum absolute atomic E-state index is 0.0629. The number of hydrogen-bond acceptors (Lipinski definition) is 6. The Morgan fingerprint density at radius 2 is 2.00 bits per heavy atom. The molecule has 0 aliphatic carbocycles. The van der Waals surface area contributed by atoms with Crippen LogP contribution >= 0.6 is 11.6 Å². The highest BCUT2D eigenvalue weighted by Crippen LogP contribution is 2.44. The Morgan fingerprint density at radius 1 is 1.21 bits per heavy atom. The highest BCUT2D eigenvalue weighted by Gasteiger charge is 2.45. The minimum atomic E-state index is -0.589. The van der Waals surface area contributed by atoms with Crippen molar-refractivity contribution in [3.8, 4) is 11.8 Å². The summed E-state index contributed by atoms with van der Waals surface area (Å²) >= 11 is 6.17. The van der Waals surface area contributed by atoms with E-state index in [0.29, 0.717) is 46.5 Å². The first-order valence-electron chi connectivity index (χ1n) is 12.2. The van der Waals surface area contributed by atoms with Crippen LogP contribution in [0.25, 0.3) is 0 Å². The molecule has 2 N–H and O–H groups in total. The first-order valence-corrected chi connectivity index (χ1v) is 12.6. The standard InChI is InChI=1S/C27H26ClN7O3/c1-16(2)38-22-13-17(14-29)3-8-20(22)26-32-24(18-4-6-19(28)7-5-18)25(21-9-10-31-33-21)35(26)27(37)34-12-11-30-23(36)15-34/h3-10,13,16,24-25H,11-12,15H2,1-2H3,(H,30,36)(H,31,33)/t24-,25+/m0/s1. The molecule has 0 saturated carbocycles. The average Bonchev–Trinajstić information content (AvgIpc) is 3.56. The lowest BCUT2D eigenvalue weighted by Gasteiger charge is -2.35. The molecule has 2 atom stereocenters. The molecule has 0 spiro atoms. The van der Waals surface area contributed by atoms with Crippen molar-refractivity contribution in [3.63, 3.8) is 0 Å².